The third-order valence-electron chi connectivity index (χ3n) is 3.33. The van der Waals surface area contributed by atoms with E-state index in [-0.39, 0.29) is 0 Å². The second-order valence-electron chi connectivity index (χ2n) is 4.52. The molecule has 0 saturated heterocycles. The van der Waals surface area contributed by atoms with Crippen LogP contribution in [0.5, 0.6) is 0 Å². The van der Waals surface area contributed by atoms with Crippen molar-refractivity contribution in [1.29, 1.82) is 0 Å². The Kier molecular flexibility index (Phi) is 5.58. The first kappa shape index (κ1) is 11.5. The fraction of sp³-hybridized carbons (Fsp3) is 0.769. The van der Waals surface area contributed by atoms with Crippen LogP contribution in [0.1, 0.15) is 51.4 Å². The highest BCUT2D eigenvalue weighted by molar-refractivity contribution is 5.48. The first-order valence-corrected chi connectivity index (χ1v) is 5.91. The van der Waals surface area contributed by atoms with Crippen LogP contribution < -0.4 is 0 Å². The number of aldehydes is 1. The van der Waals surface area contributed by atoms with Crippen LogP contribution in [-0.4, -0.2) is 6.29 Å². The molecular weight excluding hydrogens is 172 g/mol. The average Bonchev–Trinajstić information content (AvgIpc) is 2.19. The molecule has 0 bridgehead atoms. The molecule has 0 heterocycles. The van der Waals surface area contributed by atoms with Gasteiger partial charge in [0.25, 0.3) is 0 Å². The number of hydrogen-bond donors (Lipinski definition) is 0. The molecule has 0 aromatic carbocycles. The van der Waals surface area contributed by atoms with Gasteiger partial charge in [-0.3, -0.25) is 0 Å². The van der Waals surface area contributed by atoms with E-state index in [0.29, 0.717) is 0 Å². The SMILES string of the molecule is C=CCC1CCCC(CCCC=O)C1. The minimum atomic E-state index is 0.753. The second kappa shape index (κ2) is 6.80. The highest BCUT2D eigenvalue weighted by Crippen LogP contribution is 2.33. The van der Waals surface area contributed by atoms with E-state index in [2.05, 4.69) is 12.7 Å². The van der Waals surface area contributed by atoms with Crippen LogP contribution in [0.25, 0.3) is 0 Å². The van der Waals surface area contributed by atoms with Gasteiger partial charge in [-0.15, -0.1) is 6.58 Å². The molecule has 0 aliphatic heterocycles. The molecule has 0 aromatic heterocycles. The van der Waals surface area contributed by atoms with E-state index in [9.17, 15) is 4.79 Å². The molecule has 2 atom stereocenters. The second-order valence-corrected chi connectivity index (χ2v) is 4.52. The Hall–Kier alpha value is -0.590. The van der Waals surface area contributed by atoms with E-state index in [1.807, 2.05) is 0 Å². The molecule has 0 amide bonds. The van der Waals surface area contributed by atoms with Gasteiger partial charge in [-0.2, -0.15) is 0 Å². The molecule has 0 radical (unpaired) electrons. The van der Waals surface area contributed by atoms with Crippen molar-refractivity contribution in [3.8, 4) is 0 Å². The van der Waals surface area contributed by atoms with Gasteiger partial charge in [-0.05, 0) is 31.1 Å². The van der Waals surface area contributed by atoms with Crippen LogP contribution in [0.4, 0.5) is 0 Å². The van der Waals surface area contributed by atoms with E-state index < -0.39 is 0 Å². The van der Waals surface area contributed by atoms with E-state index in [1.54, 1.807) is 0 Å². The van der Waals surface area contributed by atoms with Crippen LogP contribution >= 0.6 is 0 Å². The minimum absolute atomic E-state index is 0.753. The highest BCUT2D eigenvalue weighted by Gasteiger charge is 2.20. The van der Waals surface area contributed by atoms with Gasteiger partial charge < -0.3 is 4.79 Å². The van der Waals surface area contributed by atoms with Crippen LogP contribution in [0.2, 0.25) is 0 Å². The lowest BCUT2D eigenvalue weighted by Crippen LogP contribution is -2.15. The molecule has 1 aliphatic carbocycles. The summed E-state index contributed by atoms with van der Waals surface area (Å²) in [6.07, 6.45) is 12.9. The van der Waals surface area contributed by atoms with Gasteiger partial charge in [0.2, 0.25) is 0 Å². The average molecular weight is 194 g/mol. The first-order valence-electron chi connectivity index (χ1n) is 5.91. The maximum Gasteiger partial charge on any atom is 0.119 e. The smallest absolute Gasteiger partial charge is 0.119 e. The van der Waals surface area contributed by atoms with Crippen molar-refractivity contribution in [2.75, 3.05) is 0 Å². The molecule has 1 saturated carbocycles. The quantitative estimate of drug-likeness (QED) is 0.357. The number of carbonyl (C=O) groups is 1. The van der Waals surface area contributed by atoms with Gasteiger partial charge in [-0.1, -0.05) is 31.8 Å². The van der Waals surface area contributed by atoms with Gasteiger partial charge in [-0.25, -0.2) is 0 Å². The fourth-order valence-corrected chi connectivity index (χ4v) is 2.60. The summed E-state index contributed by atoms with van der Waals surface area (Å²) in [5.74, 6) is 1.76. The Morgan fingerprint density at radius 2 is 2.07 bits per heavy atom. The Balaban J connectivity index is 2.18. The molecule has 1 rings (SSSR count). The Morgan fingerprint density at radius 1 is 1.29 bits per heavy atom. The van der Waals surface area contributed by atoms with Gasteiger partial charge in [0, 0.05) is 6.42 Å². The Bertz CT molecular complexity index is 174. The number of allylic oxidation sites excluding steroid dienone is 1. The first-order chi connectivity index (χ1) is 6.86. The highest BCUT2D eigenvalue weighted by atomic mass is 16.1. The lowest BCUT2D eigenvalue weighted by molar-refractivity contribution is -0.108. The summed E-state index contributed by atoms with van der Waals surface area (Å²) in [6.45, 7) is 3.81. The van der Waals surface area contributed by atoms with Gasteiger partial charge in [0.1, 0.15) is 6.29 Å². The normalized spacial score (nSPS) is 27.1. The third-order valence-corrected chi connectivity index (χ3v) is 3.33. The molecule has 2 unspecified atom stereocenters. The number of hydrogen-bond acceptors (Lipinski definition) is 1. The van der Waals surface area contributed by atoms with Crippen molar-refractivity contribution < 1.29 is 4.79 Å². The molecular formula is C13H22O. The largest absolute Gasteiger partial charge is 0.303 e. The lowest BCUT2D eigenvalue weighted by atomic mass is 9.78. The Labute approximate surface area is 87.6 Å². The van der Waals surface area contributed by atoms with Crippen molar-refractivity contribution >= 4 is 6.29 Å². The predicted molar refractivity (Wildman–Crippen MR) is 60.2 cm³/mol. The molecule has 1 nitrogen and oxygen atoms in total. The lowest BCUT2D eigenvalue weighted by Gasteiger charge is -2.28. The third kappa shape index (κ3) is 4.08. The van der Waals surface area contributed by atoms with Crippen LogP contribution in [0.15, 0.2) is 12.7 Å². The summed E-state index contributed by atoms with van der Waals surface area (Å²) in [7, 11) is 0. The maximum absolute atomic E-state index is 10.2. The fourth-order valence-electron chi connectivity index (χ4n) is 2.60. The van der Waals surface area contributed by atoms with Crippen molar-refractivity contribution in [3.05, 3.63) is 12.7 Å². The number of rotatable bonds is 6. The van der Waals surface area contributed by atoms with E-state index in [1.165, 1.54) is 38.5 Å². The topological polar surface area (TPSA) is 17.1 Å². The minimum Gasteiger partial charge on any atom is -0.303 e. The van der Waals surface area contributed by atoms with Crippen molar-refractivity contribution in [1.82, 2.24) is 0 Å². The maximum atomic E-state index is 10.2. The van der Waals surface area contributed by atoms with Crippen LogP contribution in [0.3, 0.4) is 0 Å². The van der Waals surface area contributed by atoms with Gasteiger partial charge in [0.15, 0.2) is 0 Å². The number of unbranched alkanes of at least 4 members (excludes halogenated alkanes) is 1. The molecule has 0 spiro atoms. The molecule has 80 valence electrons. The van der Waals surface area contributed by atoms with Crippen molar-refractivity contribution in [2.24, 2.45) is 11.8 Å². The zero-order chi connectivity index (χ0) is 10.2. The Morgan fingerprint density at radius 3 is 2.79 bits per heavy atom. The summed E-state index contributed by atoms with van der Waals surface area (Å²) >= 11 is 0. The molecule has 0 N–H and O–H groups in total. The van der Waals surface area contributed by atoms with Crippen molar-refractivity contribution in [2.45, 2.75) is 51.4 Å². The monoisotopic (exact) mass is 194 g/mol. The summed E-state index contributed by atoms with van der Waals surface area (Å²) in [4.78, 5) is 10.2. The standard InChI is InChI=1S/C13H22O/c1-2-6-12-8-5-9-13(11-12)7-3-4-10-14/h2,10,12-13H,1,3-9,11H2. The molecule has 1 fully saturated rings. The predicted octanol–water partition coefficient (Wildman–Crippen LogP) is 3.74. The summed E-state index contributed by atoms with van der Waals surface area (Å²) < 4.78 is 0. The van der Waals surface area contributed by atoms with Gasteiger partial charge >= 0.3 is 0 Å². The zero-order valence-corrected chi connectivity index (χ0v) is 9.08. The van der Waals surface area contributed by atoms with Crippen LogP contribution in [-0.2, 0) is 4.79 Å². The summed E-state index contributed by atoms with van der Waals surface area (Å²) in [5, 5.41) is 0. The summed E-state index contributed by atoms with van der Waals surface area (Å²) in [6, 6.07) is 0. The molecule has 0 aromatic rings. The van der Waals surface area contributed by atoms with E-state index >= 15 is 0 Å². The van der Waals surface area contributed by atoms with Crippen LogP contribution in [0, 0.1) is 11.8 Å². The van der Waals surface area contributed by atoms with Crippen molar-refractivity contribution in [3.63, 3.8) is 0 Å². The zero-order valence-electron chi connectivity index (χ0n) is 9.08. The number of carbonyl (C=O) groups excluding carboxylic acids is 1. The van der Waals surface area contributed by atoms with Gasteiger partial charge in [0.05, 0.1) is 0 Å². The van der Waals surface area contributed by atoms with E-state index in [4.69, 9.17) is 0 Å². The van der Waals surface area contributed by atoms with E-state index in [0.717, 1.165) is 31.0 Å². The molecule has 1 aliphatic rings. The summed E-state index contributed by atoms with van der Waals surface area (Å²) in [5.41, 5.74) is 0. The molecule has 14 heavy (non-hydrogen) atoms. The molecule has 1 heteroatoms.